The SMILES string of the molecule is CCCS(=O)(=O)N1CCN(Cc2ccc(C(C)C)cc2)CC1. The molecule has 0 aliphatic carbocycles. The van der Waals surface area contributed by atoms with Crippen LogP contribution in [0, 0.1) is 0 Å². The lowest BCUT2D eigenvalue weighted by atomic mass is 10.0. The summed E-state index contributed by atoms with van der Waals surface area (Å²) in [5.41, 5.74) is 2.66. The van der Waals surface area contributed by atoms with E-state index < -0.39 is 10.0 Å². The molecule has 1 fully saturated rings. The summed E-state index contributed by atoms with van der Waals surface area (Å²) in [6.07, 6.45) is 0.685. The van der Waals surface area contributed by atoms with Crippen molar-refractivity contribution in [3.63, 3.8) is 0 Å². The van der Waals surface area contributed by atoms with E-state index >= 15 is 0 Å². The molecule has 2 rings (SSSR count). The van der Waals surface area contributed by atoms with Crippen LogP contribution in [0.4, 0.5) is 0 Å². The summed E-state index contributed by atoms with van der Waals surface area (Å²) in [7, 11) is -3.04. The summed E-state index contributed by atoms with van der Waals surface area (Å²) in [5, 5.41) is 0. The molecule has 1 aliphatic rings. The number of rotatable bonds is 6. The Hall–Kier alpha value is -0.910. The van der Waals surface area contributed by atoms with Crippen molar-refractivity contribution in [2.75, 3.05) is 31.9 Å². The molecule has 0 atom stereocenters. The highest BCUT2D eigenvalue weighted by Gasteiger charge is 2.25. The molecule has 1 heterocycles. The first-order chi connectivity index (χ1) is 10.4. The quantitative estimate of drug-likeness (QED) is 0.808. The van der Waals surface area contributed by atoms with Gasteiger partial charge in [0.05, 0.1) is 5.75 Å². The smallest absolute Gasteiger partial charge is 0.214 e. The number of piperazine rings is 1. The second kappa shape index (κ2) is 7.57. The zero-order valence-corrected chi connectivity index (χ0v) is 14.8. The van der Waals surface area contributed by atoms with Gasteiger partial charge in [0, 0.05) is 32.7 Å². The van der Waals surface area contributed by atoms with Crippen molar-refractivity contribution in [2.45, 2.75) is 39.7 Å². The van der Waals surface area contributed by atoms with E-state index in [9.17, 15) is 8.42 Å². The van der Waals surface area contributed by atoms with Gasteiger partial charge in [-0.15, -0.1) is 0 Å². The van der Waals surface area contributed by atoms with Crippen LogP contribution in [0.2, 0.25) is 0 Å². The van der Waals surface area contributed by atoms with E-state index in [1.165, 1.54) is 11.1 Å². The third kappa shape index (κ3) is 4.54. The summed E-state index contributed by atoms with van der Waals surface area (Å²) < 4.78 is 25.8. The maximum absolute atomic E-state index is 12.1. The molecular weight excluding hydrogens is 296 g/mol. The van der Waals surface area contributed by atoms with Crippen LogP contribution >= 0.6 is 0 Å². The monoisotopic (exact) mass is 324 g/mol. The Morgan fingerprint density at radius 2 is 1.64 bits per heavy atom. The molecule has 1 aromatic carbocycles. The van der Waals surface area contributed by atoms with Gasteiger partial charge >= 0.3 is 0 Å². The topological polar surface area (TPSA) is 40.6 Å². The minimum Gasteiger partial charge on any atom is -0.296 e. The Bertz CT molecular complexity index is 559. The second-order valence-corrected chi connectivity index (χ2v) is 8.48. The van der Waals surface area contributed by atoms with Gasteiger partial charge in [0.2, 0.25) is 10.0 Å². The van der Waals surface area contributed by atoms with Gasteiger partial charge in [0.25, 0.3) is 0 Å². The van der Waals surface area contributed by atoms with Gasteiger partial charge in [0.1, 0.15) is 0 Å². The predicted octanol–water partition coefficient (Wildman–Crippen LogP) is 2.67. The predicted molar refractivity (Wildman–Crippen MR) is 91.5 cm³/mol. The molecule has 1 saturated heterocycles. The van der Waals surface area contributed by atoms with Crippen LogP contribution in [0.5, 0.6) is 0 Å². The molecular formula is C17H28N2O2S. The Balaban J connectivity index is 1.87. The first-order valence-corrected chi connectivity index (χ1v) is 9.82. The maximum atomic E-state index is 12.1. The normalized spacial score (nSPS) is 18.0. The fraction of sp³-hybridized carbons (Fsp3) is 0.647. The number of benzene rings is 1. The van der Waals surface area contributed by atoms with Gasteiger partial charge in [-0.3, -0.25) is 4.90 Å². The Morgan fingerprint density at radius 1 is 1.05 bits per heavy atom. The van der Waals surface area contributed by atoms with Crippen LogP contribution in [0.15, 0.2) is 24.3 Å². The molecule has 22 heavy (non-hydrogen) atoms. The zero-order chi connectivity index (χ0) is 16.2. The molecule has 1 aromatic rings. The molecule has 0 bridgehead atoms. The van der Waals surface area contributed by atoms with Crippen molar-refractivity contribution in [3.8, 4) is 0 Å². The maximum Gasteiger partial charge on any atom is 0.214 e. The largest absolute Gasteiger partial charge is 0.296 e. The van der Waals surface area contributed by atoms with Crippen LogP contribution in [-0.4, -0.2) is 49.6 Å². The number of hydrogen-bond donors (Lipinski definition) is 0. The molecule has 0 unspecified atom stereocenters. The lowest BCUT2D eigenvalue weighted by Gasteiger charge is -2.34. The van der Waals surface area contributed by atoms with E-state index in [1.807, 2.05) is 6.92 Å². The van der Waals surface area contributed by atoms with Gasteiger partial charge in [-0.05, 0) is 23.5 Å². The van der Waals surface area contributed by atoms with E-state index in [2.05, 4.69) is 43.0 Å². The second-order valence-electron chi connectivity index (χ2n) is 6.39. The molecule has 0 spiro atoms. The van der Waals surface area contributed by atoms with Crippen LogP contribution in [0.3, 0.4) is 0 Å². The first-order valence-electron chi connectivity index (χ1n) is 8.21. The average molecular weight is 324 g/mol. The van der Waals surface area contributed by atoms with Crippen molar-refractivity contribution in [1.82, 2.24) is 9.21 Å². The number of sulfonamides is 1. The number of hydrogen-bond acceptors (Lipinski definition) is 3. The first kappa shape index (κ1) is 17.4. The molecule has 0 N–H and O–H groups in total. The Kier molecular flexibility index (Phi) is 6.01. The van der Waals surface area contributed by atoms with Crippen molar-refractivity contribution < 1.29 is 8.42 Å². The summed E-state index contributed by atoms with van der Waals surface area (Å²) in [6, 6.07) is 8.77. The van der Waals surface area contributed by atoms with E-state index in [0.717, 1.165) is 19.6 Å². The van der Waals surface area contributed by atoms with E-state index in [-0.39, 0.29) is 5.75 Å². The van der Waals surface area contributed by atoms with E-state index in [4.69, 9.17) is 0 Å². The molecule has 0 saturated carbocycles. The van der Waals surface area contributed by atoms with E-state index in [0.29, 0.717) is 25.4 Å². The van der Waals surface area contributed by atoms with Gasteiger partial charge in [0.15, 0.2) is 0 Å². The number of nitrogens with zero attached hydrogens (tertiary/aromatic N) is 2. The highest BCUT2D eigenvalue weighted by molar-refractivity contribution is 7.89. The average Bonchev–Trinajstić information content (AvgIpc) is 2.48. The van der Waals surface area contributed by atoms with E-state index in [1.54, 1.807) is 4.31 Å². The van der Waals surface area contributed by atoms with Crippen LogP contribution in [0.1, 0.15) is 44.2 Å². The fourth-order valence-electron chi connectivity index (χ4n) is 2.82. The van der Waals surface area contributed by atoms with Crippen LogP contribution in [0.25, 0.3) is 0 Å². The minimum atomic E-state index is -3.04. The van der Waals surface area contributed by atoms with Gasteiger partial charge in [-0.25, -0.2) is 8.42 Å². The van der Waals surface area contributed by atoms with Gasteiger partial charge in [-0.2, -0.15) is 4.31 Å². The van der Waals surface area contributed by atoms with Crippen molar-refractivity contribution in [2.24, 2.45) is 0 Å². The summed E-state index contributed by atoms with van der Waals surface area (Å²) in [4.78, 5) is 2.34. The van der Waals surface area contributed by atoms with Gasteiger partial charge < -0.3 is 0 Å². The summed E-state index contributed by atoms with van der Waals surface area (Å²) in [5.74, 6) is 0.824. The van der Waals surface area contributed by atoms with Crippen molar-refractivity contribution >= 4 is 10.0 Å². The third-order valence-corrected chi connectivity index (χ3v) is 6.32. The standard InChI is InChI=1S/C17H28N2O2S/c1-4-13-22(20,21)19-11-9-18(10-12-19)14-16-5-7-17(8-6-16)15(2)3/h5-8,15H,4,9-14H2,1-3H3. The van der Waals surface area contributed by atoms with Crippen molar-refractivity contribution in [3.05, 3.63) is 35.4 Å². The summed E-state index contributed by atoms with van der Waals surface area (Å²) >= 11 is 0. The minimum absolute atomic E-state index is 0.268. The molecule has 124 valence electrons. The highest BCUT2D eigenvalue weighted by Crippen LogP contribution is 2.17. The lowest BCUT2D eigenvalue weighted by Crippen LogP contribution is -2.48. The Morgan fingerprint density at radius 3 is 2.14 bits per heavy atom. The molecule has 0 aromatic heterocycles. The third-order valence-electron chi connectivity index (χ3n) is 4.24. The van der Waals surface area contributed by atoms with Crippen LogP contribution < -0.4 is 0 Å². The Labute approximate surface area is 135 Å². The molecule has 0 radical (unpaired) electrons. The molecule has 5 heteroatoms. The van der Waals surface area contributed by atoms with Crippen molar-refractivity contribution in [1.29, 1.82) is 0 Å². The molecule has 0 amide bonds. The molecule has 4 nitrogen and oxygen atoms in total. The fourth-order valence-corrected chi connectivity index (χ4v) is 4.31. The zero-order valence-electron chi connectivity index (χ0n) is 14.0. The highest BCUT2D eigenvalue weighted by atomic mass is 32.2. The molecule has 1 aliphatic heterocycles. The summed E-state index contributed by atoms with van der Waals surface area (Å²) in [6.45, 7) is 10.1. The van der Waals surface area contributed by atoms with Gasteiger partial charge in [-0.1, -0.05) is 45.0 Å². The van der Waals surface area contributed by atoms with Crippen LogP contribution in [-0.2, 0) is 16.6 Å². The lowest BCUT2D eigenvalue weighted by molar-refractivity contribution is 0.181.